The van der Waals surface area contributed by atoms with Crippen LogP contribution in [0.5, 0.6) is 23.0 Å². The van der Waals surface area contributed by atoms with Crippen molar-refractivity contribution in [2.45, 2.75) is 196 Å². The highest BCUT2D eigenvalue weighted by atomic mass is 127. The Bertz CT molecular complexity index is 5130. The summed E-state index contributed by atoms with van der Waals surface area (Å²) in [6, 6.07) is 7.19. The van der Waals surface area contributed by atoms with Crippen molar-refractivity contribution >= 4 is 58.0 Å². The molecule has 33 heteroatoms. The highest BCUT2D eigenvalue weighted by Crippen LogP contribution is 2.53. The van der Waals surface area contributed by atoms with Crippen LogP contribution in [0.3, 0.4) is 0 Å². The molecule has 28 nitrogen and oxygen atoms in total. The van der Waals surface area contributed by atoms with E-state index in [1.165, 1.54) is 56.8 Å². The zero-order valence-corrected chi connectivity index (χ0v) is 64.6. The molecule has 8 unspecified atom stereocenters. The van der Waals surface area contributed by atoms with Gasteiger partial charge in [0, 0.05) is 120 Å². The number of hydrogen-bond acceptors (Lipinski definition) is 18. The highest BCUT2D eigenvalue weighted by molar-refractivity contribution is 14.1. The molecule has 8 aliphatic rings. The Labute approximate surface area is 660 Å². The van der Waals surface area contributed by atoms with E-state index < -0.39 is 114 Å². The van der Waals surface area contributed by atoms with Crippen molar-refractivity contribution in [1.82, 2.24) is 48.5 Å². The Hall–Kier alpha value is -9.45. The zero-order chi connectivity index (χ0) is 79.9. The van der Waals surface area contributed by atoms with E-state index in [-0.39, 0.29) is 160 Å². The average molecular weight is 1680 g/mol. The lowest BCUT2D eigenvalue weighted by atomic mass is 9.88. The molecule has 6 amide bonds. The standard InChI is InChI=1S/C23H25F2N3O5.C22H23F2N3O5.C15H19IN2O4.C15H20N2O4.4CH4/c1-5-27-11-22(2)10-23(3,32)19-15(17(29)18(33-4)16(21(27)31)28(19)22)20(30)26-9-12-6-7-13(24)8-14(12)25;1-4-26-10-21(2)9-22(3,32)18-14(16(28)17(29)15(20(26)31)27(18)21)19(30)25-8-11-5-6-12(23)7-13(11)24;1-5-17-7-14(2)6-15(3,21)12-8(16)10(19)11(22-4)9(13(17)20)18(12)14;1-5-16-8-14(2)7-15(3,20)10-6-9(18)12(21-4)11(13(16)19)17(10)14;;;;/h6-8,32H,5,9-11H2,1-4H3,(H,26,30);5-7,29,32H,4,8-10H2,1-3H3,(H,25,30);21H,5-7H2,1-4H3;6,20H,5,7-8H2,1-4H3;4*1H4. The van der Waals surface area contributed by atoms with Gasteiger partial charge in [0.05, 0.1) is 69.8 Å². The second-order valence-electron chi connectivity index (χ2n) is 30.6. The first-order valence-corrected chi connectivity index (χ1v) is 36.2. The molecular weight excluding hydrogens is 1580 g/mol. The number of carbonyl (C=O) groups is 6. The third kappa shape index (κ3) is 14.2. The first-order chi connectivity index (χ1) is 50.3. The number of aliphatic hydroxyl groups is 4. The summed E-state index contributed by atoms with van der Waals surface area (Å²) < 4.78 is 77.0. The number of likely N-dealkylation sites (N-methyl/N-ethyl adjacent to an activating group) is 4. The Morgan fingerprint density at radius 1 is 0.446 bits per heavy atom. The molecule has 0 bridgehead atoms. The number of halogens is 5. The molecule has 0 saturated carbocycles. The van der Waals surface area contributed by atoms with Crippen LogP contribution in [-0.4, -0.2) is 173 Å². The number of aromatic nitrogens is 4. The van der Waals surface area contributed by atoms with Crippen molar-refractivity contribution in [3.8, 4) is 23.0 Å². The van der Waals surface area contributed by atoms with Crippen molar-refractivity contribution in [3.05, 3.63) is 178 Å². The summed E-state index contributed by atoms with van der Waals surface area (Å²) in [5.74, 6) is -7.52. The van der Waals surface area contributed by atoms with E-state index in [0.717, 1.165) is 18.2 Å². The van der Waals surface area contributed by atoms with E-state index in [9.17, 15) is 91.0 Å². The van der Waals surface area contributed by atoms with Gasteiger partial charge in [-0.2, -0.15) is 0 Å². The quantitative estimate of drug-likeness (QED) is 0.0426. The molecule has 0 spiro atoms. The molecule has 0 fully saturated rings. The molecule has 0 aliphatic carbocycles. The van der Waals surface area contributed by atoms with Gasteiger partial charge >= 0.3 is 0 Å². The van der Waals surface area contributed by atoms with Gasteiger partial charge in [0.2, 0.25) is 21.7 Å². The van der Waals surface area contributed by atoms with E-state index in [1.54, 1.807) is 47.0 Å². The number of aromatic hydroxyl groups is 1. The van der Waals surface area contributed by atoms with E-state index in [4.69, 9.17) is 14.2 Å². The summed E-state index contributed by atoms with van der Waals surface area (Å²) >= 11 is 1.94. The second-order valence-corrected chi connectivity index (χ2v) is 31.7. The maximum atomic E-state index is 14.0. The molecule has 12 heterocycles. The van der Waals surface area contributed by atoms with Gasteiger partial charge < -0.3 is 88.2 Å². The topological polar surface area (TPSA) is 356 Å². The number of hydrogen-bond donors (Lipinski definition) is 7. The molecule has 6 aromatic rings. The second kappa shape index (κ2) is 31.1. The van der Waals surface area contributed by atoms with Gasteiger partial charge in [-0.25, -0.2) is 17.6 Å². The van der Waals surface area contributed by atoms with Crippen molar-refractivity contribution < 1.29 is 86.1 Å². The van der Waals surface area contributed by atoms with Crippen LogP contribution in [0.2, 0.25) is 0 Å². The van der Waals surface area contributed by atoms with E-state index in [0.29, 0.717) is 79.2 Å². The summed E-state index contributed by atoms with van der Waals surface area (Å²) in [6.45, 7) is 24.0. The maximum absolute atomic E-state index is 14.0. The molecule has 4 aromatic heterocycles. The Kier molecular flexibility index (Phi) is 25.0. The van der Waals surface area contributed by atoms with Crippen LogP contribution in [0.4, 0.5) is 17.6 Å². The van der Waals surface area contributed by atoms with Crippen molar-refractivity contribution in [1.29, 1.82) is 0 Å². The Balaban J connectivity index is 0.000000208. The molecule has 2 aromatic carbocycles. The lowest BCUT2D eigenvalue weighted by molar-refractivity contribution is 0.0287. The Morgan fingerprint density at radius 3 is 1.12 bits per heavy atom. The highest BCUT2D eigenvalue weighted by Gasteiger charge is 2.59. The van der Waals surface area contributed by atoms with Crippen LogP contribution in [0.1, 0.15) is 235 Å². The van der Waals surface area contributed by atoms with Crippen molar-refractivity contribution in [2.75, 3.05) is 73.7 Å². The maximum Gasteiger partial charge on any atom is 0.274 e. The molecule has 14 rings (SSSR count). The first kappa shape index (κ1) is 89.8. The summed E-state index contributed by atoms with van der Waals surface area (Å²) in [5.41, 5.74) is -10.3. The van der Waals surface area contributed by atoms with Gasteiger partial charge in [0.25, 0.3) is 35.4 Å². The fourth-order valence-corrected chi connectivity index (χ4v) is 19.0. The molecule has 112 heavy (non-hydrogen) atoms. The molecule has 0 radical (unpaired) electrons. The number of carbonyl (C=O) groups excluding carboxylic acids is 6. The summed E-state index contributed by atoms with van der Waals surface area (Å²) in [6.07, 6.45) is 1.19. The van der Waals surface area contributed by atoms with Gasteiger partial charge in [-0.3, -0.25) is 47.9 Å². The van der Waals surface area contributed by atoms with Crippen LogP contribution < -0.4 is 46.6 Å². The first-order valence-electron chi connectivity index (χ1n) is 35.1. The monoisotopic (exact) mass is 1680 g/mol. The zero-order valence-electron chi connectivity index (χ0n) is 62.5. The number of ether oxygens (including phenoxy) is 3. The Morgan fingerprint density at radius 2 is 0.759 bits per heavy atom. The number of benzene rings is 2. The SMILES string of the molecule is C.C.C.C.CCN1CC2(C)CC(C)(O)c3c(C(=O)NCc4ccc(F)cc4F)c(=O)c(O)c(n32)C1=O.CCN1CC2(C)CC(C)(O)c3c(C(=O)NCc4ccc(F)cc4F)c(=O)c(OC)c(n32)C1=O.CCN1CC2(C)CC(C)(O)c3c(I)c(=O)c(OC)c(n32)C1=O.CCN1CC2(C)CC(C)(O)c3cc(=O)c(OC)c(n32)C1=O. The van der Waals surface area contributed by atoms with Gasteiger partial charge in [0.15, 0.2) is 45.8 Å². The lowest BCUT2D eigenvalue weighted by Gasteiger charge is -2.41. The number of nitrogens with zero attached hydrogens (tertiary/aromatic N) is 8. The van der Waals surface area contributed by atoms with E-state index >= 15 is 0 Å². The number of rotatable bonds is 13. The van der Waals surface area contributed by atoms with Crippen molar-refractivity contribution in [3.63, 3.8) is 0 Å². The van der Waals surface area contributed by atoms with Gasteiger partial charge in [-0.1, -0.05) is 41.8 Å². The number of methoxy groups -OCH3 is 3. The van der Waals surface area contributed by atoms with E-state index in [1.807, 2.05) is 73.3 Å². The van der Waals surface area contributed by atoms with E-state index in [2.05, 4.69) is 10.6 Å². The number of nitrogens with one attached hydrogen (secondary N) is 2. The summed E-state index contributed by atoms with van der Waals surface area (Å²) in [4.78, 5) is 135. The third-order valence-corrected chi connectivity index (χ3v) is 22.9. The van der Waals surface area contributed by atoms with Gasteiger partial charge in [0.1, 0.15) is 56.8 Å². The predicted octanol–water partition coefficient (Wildman–Crippen LogP) is 7.90. The molecular formula is C79H103F4IN10O18. The molecule has 7 N–H and O–H groups in total. The van der Waals surface area contributed by atoms with Crippen LogP contribution in [0.25, 0.3) is 0 Å². The molecule has 8 atom stereocenters. The van der Waals surface area contributed by atoms with Crippen LogP contribution >= 0.6 is 22.6 Å². The minimum absolute atomic E-state index is 0. The molecule has 8 aliphatic heterocycles. The van der Waals surface area contributed by atoms with Crippen molar-refractivity contribution in [2.24, 2.45) is 0 Å². The van der Waals surface area contributed by atoms with Gasteiger partial charge in [-0.05, 0) is 118 Å². The lowest BCUT2D eigenvalue weighted by Crippen LogP contribution is -2.52. The summed E-state index contributed by atoms with van der Waals surface area (Å²) in [5, 5.41) is 59.4. The van der Waals surface area contributed by atoms with Crippen LogP contribution in [0, 0.1) is 26.8 Å². The van der Waals surface area contributed by atoms with Crippen LogP contribution in [0.15, 0.2) is 61.6 Å². The third-order valence-electron chi connectivity index (χ3n) is 21.9. The summed E-state index contributed by atoms with van der Waals surface area (Å²) in [7, 11) is 4.03. The minimum atomic E-state index is -1.64. The minimum Gasteiger partial charge on any atom is -0.503 e. The smallest absolute Gasteiger partial charge is 0.274 e. The normalized spacial score (nSPS) is 25.3. The average Bonchev–Trinajstić information content (AvgIpc) is 1.55. The molecule has 612 valence electrons. The predicted molar refractivity (Wildman–Crippen MR) is 416 cm³/mol. The number of amides is 6. The largest absolute Gasteiger partial charge is 0.503 e. The van der Waals surface area contributed by atoms with Gasteiger partial charge in [-0.15, -0.1) is 0 Å². The fourth-order valence-electron chi connectivity index (χ4n) is 17.9. The van der Waals surface area contributed by atoms with Crippen LogP contribution in [-0.2, 0) is 57.6 Å². The molecule has 0 saturated heterocycles. The fraction of sp³-hybridized carbons (Fsp3) is 0.519. The number of pyridine rings is 4.